The van der Waals surface area contributed by atoms with Crippen molar-refractivity contribution in [2.24, 2.45) is 5.92 Å². The second-order valence-corrected chi connectivity index (χ2v) is 7.61. The van der Waals surface area contributed by atoms with Crippen molar-refractivity contribution >= 4 is 22.9 Å². The molecule has 114 valence electrons. The minimum absolute atomic E-state index is 0.433. The quantitative estimate of drug-likeness (QED) is 0.800. The Morgan fingerprint density at radius 1 is 1.29 bits per heavy atom. The van der Waals surface area contributed by atoms with E-state index >= 15 is 0 Å². The van der Waals surface area contributed by atoms with Gasteiger partial charge < -0.3 is 5.32 Å². The van der Waals surface area contributed by atoms with Crippen molar-refractivity contribution in [3.63, 3.8) is 0 Å². The van der Waals surface area contributed by atoms with Crippen LogP contribution in [0.2, 0.25) is 5.02 Å². The van der Waals surface area contributed by atoms with Gasteiger partial charge in [-0.05, 0) is 43.5 Å². The summed E-state index contributed by atoms with van der Waals surface area (Å²) < 4.78 is 0. The average molecular weight is 323 g/mol. The van der Waals surface area contributed by atoms with Gasteiger partial charge in [-0.2, -0.15) is 0 Å². The van der Waals surface area contributed by atoms with Crippen molar-refractivity contribution in [1.82, 2.24) is 10.3 Å². The van der Waals surface area contributed by atoms with Crippen LogP contribution in [0.25, 0.3) is 0 Å². The molecule has 1 aromatic heterocycles. The summed E-state index contributed by atoms with van der Waals surface area (Å²) in [5.74, 6) is 1.10. The van der Waals surface area contributed by atoms with E-state index in [0.29, 0.717) is 11.8 Å². The molecule has 0 bridgehead atoms. The lowest BCUT2D eigenvalue weighted by atomic mass is 9.95. The predicted octanol–water partition coefficient (Wildman–Crippen LogP) is 4.68. The summed E-state index contributed by atoms with van der Waals surface area (Å²) in [6, 6.07) is 8.21. The maximum absolute atomic E-state index is 6.15. The Hall–Kier alpha value is -0.900. The largest absolute Gasteiger partial charge is 0.316 e. The third-order valence-electron chi connectivity index (χ3n) is 3.38. The molecule has 0 aliphatic carbocycles. The normalized spacial score (nSPS) is 12.8. The van der Waals surface area contributed by atoms with Crippen LogP contribution in [-0.4, -0.2) is 18.1 Å². The number of aryl methyl sites for hydroxylation is 1. The Balaban J connectivity index is 2.09. The lowest BCUT2D eigenvalue weighted by Gasteiger charge is -2.18. The van der Waals surface area contributed by atoms with E-state index < -0.39 is 0 Å². The number of rotatable bonds is 7. The van der Waals surface area contributed by atoms with E-state index in [1.807, 2.05) is 18.3 Å². The molecule has 0 saturated carbocycles. The highest BCUT2D eigenvalue weighted by Crippen LogP contribution is 2.25. The molecule has 1 heterocycles. The number of aromatic nitrogens is 1. The Kier molecular flexibility index (Phi) is 6.22. The van der Waals surface area contributed by atoms with Gasteiger partial charge >= 0.3 is 0 Å². The van der Waals surface area contributed by atoms with Gasteiger partial charge in [0.2, 0.25) is 0 Å². The van der Waals surface area contributed by atoms with Crippen molar-refractivity contribution in [3.05, 3.63) is 50.9 Å². The zero-order valence-corrected chi connectivity index (χ0v) is 14.5. The van der Waals surface area contributed by atoms with Crippen LogP contribution >= 0.6 is 22.9 Å². The molecule has 0 saturated heterocycles. The molecule has 0 amide bonds. The number of halogens is 1. The number of hydrogen-bond donors (Lipinski definition) is 1. The standard InChI is InChI=1S/C17H23ClN2S/c1-12(2)9-19-10-15(8-17-11-20-13(3)21-17)14-5-4-6-16(18)7-14/h4-7,11-12,15,19H,8-10H2,1-3H3. The van der Waals surface area contributed by atoms with Crippen molar-refractivity contribution in [2.75, 3.05) is 13.1 Å². The van der Waals surface area contributed by atoms with Gasteiger partial charge in [-0.15, -0.1) is 11.3 Å². The molecule has 2 nitrogen and oxygen atoms in total. The van der Waals surface area contributed by atoms with Crippen molar-refractivity contribution in [3.8, 4) is 0 Å². The lowest BCUT2D eigenvalue weighted by Crippen LogP contribution is -2.26. The summed E-state index contributed by atoms with van der Waals surface area (Å²) in [5.41, 5.74) is 1.30. The first-order chi connectivity index (χ1) is 10.0. The van der Waals surface area contributed by atoms with Gasteiger partial charge in [0.15, 0.2) is 0 Å². The van der Waals surface area contributed by atoms with Crippen LogP contribution in [0.15, 0.2) is 30.5 Å². The van der Waals surface area contributed by atoms with Gasteiger partial charge in [0, 0.05) is 28.6 Å². The average Bonchev–Trinajstić information content (AvgIpc) is 2.83. The van der Waals surface area contributed by atoms with Crippen LogP contribution in [-0.2, 0) is 6.42 Å². The summed E-state index contributed by atoms with van der Waals surface area (Å²) in [7, 11) is 0. The first-order valence-electron chi connectivity index (χ1n) is 7.42. The fraction of sp³-hybridized carbons (Fsp3) is 0.471. The molecule has 4 heteroatoms. The highest BCUT2D eigenvalue weighted by Gasteiger charge is 2.14. The monoisotopic (exact) mass is 322 g/mol. The Morgan fingerprint density at radius 3 is 2.71 bits per heavy atom. The summed E-state index contributed by atoms with van der Waals surface area (Å²) in [4.78, 5) is 5.70. The van der Waals surface area contributed by atoms with Gasteiger partial charge in [-0.25, -0.2) is 4.98 Å². The van der Waals surface area contributed by atoms with E-state index in [2.05, 4.69) is 43.2 Å². The maximum atomic E-state index is 6.15. The zero-order chi connectivity index (χ0) is 15.2. The van der Waals surface area contributed by atoms with Crippen molar-refractivity contribution in [1.29, 1.82) is 0 Å². The lowest BCUT2D eigenvalue weighted by molar-refractivity contribution is 0.515. The van der Waals surface area contributed by atoms with Crippen LogP contribution in [0.3, 0.4) is 0 Å². The molecule has 0 aliphatic heterocycles. The van der Waals surface area contributed by atoms with Gasteiger partial charge in [-0.3, -0.25) is 0 Å². The van der Waals surface area contributed by atoms with Crippen molar-refractivity contribution in [2.45, 2.75) is 33.1 Å². The fourth-order valence-electron chi connectivity index (χ4n) is 2.36. The Labute approximate surface area is 136 Å². The number of benzene rings is 1. The van der Waals surface area contributed by atoms with E-state index in [9.17, 15) is 0 Å². The van der Waals surface area contributed by atoms with Gasteiger partial charge in [-0.1, -0.05) is 37.6 Å². The fourth-order valence-corrected chi connectivity index (χ4v) is 3.43. The van der Waals surface area contributed by atoms with Crippen LogP contribution in [0.5, 0.6) is 0 Å². The summed E-state index contributed by atoms with van der Waals surface area (Å²) in [5, 5.41) is 5.51. The molecular formula is C17H23ClN2S. The number of nitrogens with zero attached hydrogens (tertiary/aromatic N) is 1. The molecule has 1 atom stereocenters. The van der Waals surface area contributed by atoms with E-state index in [4.69, 9.17) is 11.6 Å². The van der Waals surface area contributed by atoms with Gasteiger partial charge in [0.25, 0.3) is 0 Å². The molecule has 21 heavy (non-hydrogen) atoms. The minimum Gasteiger partial charge on any atom is -0.316 e. The first kappa shape index (κ1) is 16.5. The smallest absolute Gasteiger partial charge is 0.0896 e. The number of thiazole rings is 1. The highest BCUT2D eigenvalue weighted by atomic mass is 35.5. The molecule has 0 spiro atoms. The third-order valence-corrected chi connectivity index (χ3v) is 4.55. The van der Waals surface area contributed by atoms with E-state index in [-0.39, 0.29) is 0 Å². The highest BCUT2D eigenvalue weighted by molar-refractivity contribution is 7.11. The Bertz CT molecular complexity index is 565. The summed E-state index contributed by atoms with van der Waals surface area (Å²) in [6.07, 6.45) is 3.01. The molecule has 1 N–H and O–H groups in total. The van der Waals surface area contributed by atoms with Gasteiger partial charge in [0.05, 0.1) is 5.01 Å². The first-order valence-corrected chi connectivity index (χ1v) is 8.61. The molecule has 0 fully saturated rings. The van der Waals surface area contributed by atoms with Gasteiger partial charge in [0.1, 0.15) is 0 Å². The van der Waals surface area contributed by atoms with Crippen LogP contribution in [0.1, 0.15) is 35.2 Å². The number of hydrogen-bond acceptors (Lipinski definition) is 3. The molecule has 1 aromatic carbocycles. The van der Waals surface area contributed by atoms with Crippen LogP contribution < -0.4 is 5.32 Å². The van der Waals surface area contributed by atoms with Crippen LogP contribution in [0, 0.1) is 12.8 Å². The second kappa shape index (κ2) is 7.92. The molecule has 0 radical (unpaired) electrons. The van der Waals surface area contributed by atoms with E-state index in [1.165, 1.54) is 10.4 Å². The number of nitrogens with one attached hydrogen (secondary N) is 1. The van der Waals surface area contributed by atoms with E-state index in [1.54, 1.807) is 11.3 Å². The van der Waals surface area contributed by atoms with Crippen molar-refractivity contribution < 1.29 is 0 Å². The molecule has 2 aromatic rings. The summed E-state index contributed by atoms with van der Waals surface area (Å²) >= 11 is 7.93. The molecule has 1 unspecified atom stereocenters. The topological polar surface area (TPSA) is 24.9 Å². The Morgan fingerprint density at radius 2 is 2.10 bits per heavy atom. The minimum atomic E-state index is 0.433. The molecule has 0 aliphatic rings. The zero-order valence-electron chi connectivity index (χ0n) is 12.9. The maximum Gasteiger partial charge on any atom is 0.0896 e. The summed E-state index contributed by atoms with van der Waals surface area (Å²) in [6.45, 7) is 8.52. The molecule has 2 rings (SSSR count). The SMILES string of the molecule is Cc1ncc(CC(CNCC(C)C)c2cccc(Cl)c2)s1. The predicted molar refractivity (Wildman–Crippen MR) is 92.5 cm³/mol. The molecular weight excluding hydrogens is 300 g/mol. The second-order valence-electron chi connectivity index (χ2n) is 5.85. The van der Waals surface area contributed by atoms with Crippen LogP contribution in [0.4, 0.5) is 0 Å². The third kappa shape index (κ3) is 5.42. The van der Waals surface area contributed by atoms with E-state index in [0.717, 1.165) is 29.5 Å².